The predicted molar refractivity (Wildman–Crippen MR) is 123 cm³/mol. The highest BCUT2D eigenvalue weighted by Gasteiger charge is 2.39. The van der Waals surface area contributed by atoms with Gasteiger partial charge in [0.2, 0.25) is 6.41 Å². The molecule has 0 radical (unpaired) electrons. The Morgan fingerprint density at radius 2 is 1.91 bits per heavy atom. The number of ether oxygens (including phenoxy) is 1. The van der Waals surface area contributed by atoms with Gasteiger partial charge in [0.05, 0.1) is 11.7 Å². The molecule has 1 N–H and O–H groups in total. The molecule has 0 unspecified atom stereocenters. The first kappa shape index (κ1) is 22.0. The maximum Gasteiger partial charge on any atom is 0.210 e. The van der Waals surface area contributed by atoms with Crippen molar-refractivity contribution in [2.75, 3.05) is 31.7 Å². The number of likely N-dealkylation sites (N-methyl/N-ethyl adjacent to an activating group) is 1. The predicted octanol–water partition coefficient (Wildman–Crippen LogP) is 4.17. The molecule has 4 rings (SSSR count). The van der Waals surface area contributed by atoms with Gasteiger partial charge in [0.15, 0.2) is 0 Å². The van der Waals surface area contributed by atoms with Crippen molar-refractivity contribution in [2.45, 2.75) is 31.8 Å². The monoisotopic (exact) mass is 436 g/mol. The summed E-state index contributed by atoms with van der Waals surface area (Å²) in [6.45, 7) is 3.99. The number of aromatic amines is 1. The highest BCUT2D eigenvalue weighted by atomic mass is 19.1. The molecule has 7 heteroatoms. The van der Waals surface area contributed by atoms with E-state index >= 15 is 0 Å². The molecule has 1 aliphatic heterocycles. The molecule has 2 heterocycles. The fraction of sp³-hybridized carbons (Fsp3) is 0.360. The van der Waals surface area contributed by atoms with E-state index in [9.17, 15) is 9.18 Å². The van der Waals surface area contributed by atoms with Crippen molar-refractivity contribution in [2.24, 2.45) is 0 Å². The van der Waals surface area contributed by atoms with Gasteiger partial charge in [-0.05, 0) is 54.7 Å². The van der Waals surface area contributed by atoms with Gasteiger partial charge in [-0.25, -0.2) is 4.39 Å². The topological polar surface area (TPSA) is 61.5 Å². The number of nitrogens with one attached hydrogen (secondary N) is 1. The molecular weight excluding hydrogens is 407 g/mol. The van der Waals surface area contributed by atoms with E-state index in [2.05, 4.69) is 39.4 Å². The molecule has 0 aliphatic carbocycles. The van der Waals surface area contributed by atoms with Crippen molar-refractivity contribution in [1.82, 2.24) is 15.1 Å². The Labute approximate surface area is 188 Å². The van der Waals surface area contributed by atoms with Crippen LogP contribution in [0.4, 0.5) is 10.1 Å². The molecule has 1 aliphatic rings. The van der Waals surface area contributed by atoms with E-state index in [1.807, 2.05) is 24.2 Å². The molecule has 32 heavy (non-hydrogen) atoms. The summed E-state index contributed by atoms with van der Waals surface area (Å²) in [6.07, 6.45) is 6.04. The smallest absolute Gasteiger partial charge is 0.210 e. The lowest BCUT2D eigenvalue weighted by molar-refractivity contribution is -0.128. The molecule has 6 nitrogen and oxygen atoms in total. The summed E-state index contributed by atoms with van der Waals surface area (Å²) in [6, 6.07) is 13.3. The fourth-order valence-electron chi connectivity index (χ4n) is 4.46. The summed E-state index contributed by atoms with van der Waals surface area (Å²) in [5.41, 5.74) is 4.22. The van der Waals surface area contributed by atoms with Crippen LogP contribution in [0.2, 0.25) is 0 Å². The molecule has 1 saturated heterocycles. The summed E-state index contributed by atoms with van der Waals surface area (Å²) in [7, 11) is 2.04. The number of aromatic nitrogens is 2. The molecule has 0 bridgehead atoms. The Morgan fingerprint density at radius 1 is 1.16 bits per heavy atom. The maximum atomic E-state index is 14.1. The standard InChI is InChI=1S/C25H29FN4O2/c1-19-21(4-3-5-24(19)26)16-30(18-31)25(10-12-32-13-11-25)17-29(2)23-8-6-20(7-9-23)22-14-27-28-15-22/h3-9,14-15,18H,10-13,16-17H2,1-2H3,(H,27,28). The van der Waals surface area contributed by atoms with Crippen molar-refractivity contribution in [3.8, 4) is 11.1 Å². The number of benzene rings is 2. The number of hydrogen-bond acceptors (Lipinski definition) is 4. The number of H-pyrrole nitrogens is 1. The van der Waals surface area contributed by atoms with Gasteiger partial charge >= 0.3 is 0 Å². The number of halogens is 1. The van der Waals surface area contributed by atoms with E-state index in [4.69, 9.17) is 4.74 Å². The fourth-order valence-corrected chi connectivity index (χ4v) is 4.46. The number of nitrogens with zero attached hydrogens (tertiary/aromatic N) is 3. The van der Waals surface area contributed by atoms with Gasteiger partial charge in [-0.15, -0.1) is 0 Å². The lowest BCUT2D eigenvalue weighted by Crippen LogP contribution is -2.57. The van der Waals surface area contributed by atoms with Gasteiger partial charge in [-0.1, -0.05) is 24.3 Å². The minimum atomic E-state index is -0.392. The van der Waals surface area contributed by atoms with Gasteiger partial charge in [0, 0.05) is 50.8 Å². The molecule has 0 spiro atoms. The average Bonchev–Trinajstić information content (AvgIpc) is 3.36. The van der Waals surface area contributed by atoms with Crippen LogP contribution in [-0.4, -0.2) is 53.9 Å². The first-order valence-electron chi connectivity index (χ1n) is 10.9. The second kappa shape index (κ2) is 9.53. The summed E-state index contributed by atoms with van der Waals surface area (Å²) in [5.74, 6) is -0.246. The summed E-state index contributed by atoms with van der Waals surface area (Å²) in [5, 5.41) is 6.84. The van der Waals surface area contributed by atoms with Crippen molar-refractivity contribution in [3.05, 3.63) is 71.8 Å². The first-order valence-corrected chi connectivity index (χ1v) is 10.9. The van der Waals surface area contributed by atoms with Crippen molar-refractivity contribution >= 4 is 12.1 Å². The first-order chi connectivity index (χ1) is 15.5. The second-order valence-electron chi connectivity index (χ2n) is 8.48. The molecular formula is C25H29FN4O2. The van der Waals surface area contributed by atoms with Crippen LogP contribution in [0.15, 0.2) is 54.9 Å². The summed E-state index contributed by atoms with van der Waals surface area (Å²) < 4.78 is 19.7. The molecule has 168 valence electrons. The van der Waals surface area contributed by atoms with Crippen LogP contribution in [0.1, 0.15) is 24.0 Å². The minimum absolute atomic E-state index is 0.246. The average molecular weight is 437 g/mol. The lowest BCUT2D eigenvalue weighted by atomic mass is 9.86. The number of rotatable bonds is 8. The van der Waals surface area contributed by atoms with Gasteiger partial charge in [-0.3, -0.25) is 9.89 Å². The highest BCUT2D eigenvalue weighted by molar-refractivity contribution is 5.65. The molecule has 0 saturated carbocycles. The van der Waals surface area contributed by atoms with E-state index in [-0.39, 0.29) is 5.82 Å². The van der Waals surface area contributed by atoms with Crippen molar-refractivity contribution in [3.63, 3.8) is 0 Å². The zero-order valence-corrected chi connectivity index (χ0v) is 18.6. The van der Waals surface area contributed by atoms with Gasteiger partial charge in [0.1, 0.15) is 5.82 Å². The number of amides is 1. The molecule has 0 atom stereocenters. The summed E-state index contributed by atoms with van der Waals surface area (Å²) in [4.78, 5) is 16.3. The Hall–Kier alpha value is -3.19. The minimum Gasteiger partial charge on any atom is -0.381 e. The second-order valence-corrected chi connectivity index (χ2v) is 8.48. The third-order valence-corrected chi connectivity index (χ3v) is 6.55. The van der Waals surface area contributed by atoms with Crippen LogP contribution < -0.4 is 4.90 Å². The highest BCUT2D eigenvalue weighted by Crippen LogP contribution is 2.32. The Balaban J connectivity index is 1.56. The van der Waals surface area contributed by atoms with Crippen LogP contribution in [0.5, 0.6) is 0 Å². The zero-order valence-electron chi connectivity index (χ0n) is 18.6. The van der Waals surface area contributed by atoms with Crippen LogP contribution in [0, 0.1) is 12.7 Å². The van der Waals surface area contributed by atoms with Gasteiger partial charge in [-0.2, -0.15) is 5.10 Å². The van der Waals surface area contributed by atoms with Crippen molar-refractivity contribution in [1.29, 1.82) is 0 Å². The third kappa shape index (κ3) is 4.53. The molecule has 1 amide bonds. The van der Waals surface area contributed by atoms with E-state index in [0.29, 0.717) is 31.9 Å². The summed E-state index contributed by atoms with van der Waals surface area (Å²) >= 11 is 0. The Bertz CT molecular complexity index is 1030. The lowest BCUT2D eigenvalue weighted by Gasteiger charge is -2.47. The Kier molecular flexibility index (Phi) is 6.55. The van der Waals surface area contributed by atoms with Crippen LogP contribution in [-0.2, 0) is 16.1 Å². The number of carbonyl (C=O) groups excluding carboxylic acids is 1. The zero-order chi connectivity index (χ0) is 22.6. The van der Waals surface area contributed by atoms with Crippen LogP contribution >= 0.6 is 0 Å². The van der Waals surface area contributed by atoms with Crippen molar-refractivity contribution < 1.29 is 13.9 Å². The Morgan fingerprint density at radius 3 is 2.56 bits per heavy atom. The molecule has 1 fully saturated rings. The molecule has 3 aromatic rings. The van der Waals surface area contributed by atoms with Gasteiger partial charge < -0.3 is 14.5 Å². The van der Waals surface area contributed by atoms with Crippen LogP contribution in [0.25, 0.3) is 11.1 Å². The molecule has 1 aromatic heterocycles. The SMILES string of the molecule is Cc1c(F)cccc1CN(C=O)C1(CN(C)c2ccc(-c3cn[nH]c3)cc2)CCOCC1. The van der Waals surface area contributed by atoms with E-state index in [1.165, 1.54) is 6.07 Å². The largest absolute Gasteiger partial charge is 0.381 e. The van der Waals surface area contributed by atoms with E-state index in [0.717, 1.165) is 41.6 Å². The number of hydrogen-bond donors (Lipinski definition) is 1. The third-order valence-electron chi connectivity index (χ3n) is 6.55. The van der Waals surface area contributed by atoms with E-state index < -0.39 is 5.54 Å². The van der Waals surface area contributed by atoms with E-state index in [1.54, 1.807) is 19.2 Å². The number of carbonyl (C=O) groups is 1. The number of anilines is 1. The molecule has 2 aromatic carbocycles. The normalized spacial score (nSPS) is 15.3. The van der Waals surface area contributed by atoms with Gasteiger partial charge in [0.25, 0.3) is 0 Å². The van der Waals surface area contributed by atoms with Crippen LogP contribution in [0.3, 0.4) is 0 Å². The quantitative estimate of drug-likeness (QED) is 0.539. The maximum absolute atomic E-state index is 14.1.